The zero-order chi connectivity index (χ0) is 21.3. The lowest BCUT2D eigenvalue weighted by Gasteiger charge is -2.33. The summed E-state index contributed by atoms with van der Waals surface area (Å²) >= 11 is 0. The molecule has 1 N–H and O–H groups in total. The molecular weight excluding hydrogens is 382 g/mol. The summed E-state index contributed by atoms with van der Waals surface area (Å²) in [6.45, 7) is 3.70. The van der Waals surface area contributed by atoms with Gasteiger partial charge < -0.3 is 14.6 Å². The number of benzene rings is 2. The van der Waals surface area contributed by atoms with Crippen molar-refractivity contribution in [2.45, 2.75) is 38.8 Å². The number of aromatic hydroxyl groups is 1. The van der Waals surface area contributed by atoms with Crippen LogP contribution in [0.3, 0.4) is 0 Å². The van der Waals surface area contributed by atoms with Gasteiger partial charge in [0.25, 0.3) is 0 Å². The fourth-order valence-electron chi connectivity index (χ4n) is 4.03. The highest BCUT2D eigenvalue weighted by molar-refractivity contribution is 6.15. The Kier molecular flexibility index (Phi) is 5.59. The van der Waals surface area contributed by atoms with Crippen LogP contribution in [0.25, 0.3) is 6.08 Å². The van der Waals surface area contributed by atoms with E-state index in [9.17, 15) is 14.7 Å². The number of rotatable bonds is 4. The molecule has 4 rings (SSSR count). The Labute approximate surface area is 175 Å². The summed E-state index contributed by atoms with van der Waals surface area (Å²) in [4.78, 5) is 26.8. The van der Waals surface area contributed by atoms with E-state index in [4.69, 9.17) is 9.47 Å². The van der Waals surface area contributed by atoms with Crippen LogP contribution in [-0.2, 0) is 11.3 Å². The van der Waals surface area contributed by atoms with E-state index in [2.05, 4.69) is 11.8 Å². The minimum atomic E-state index is -0.415. The Bertz CT molecular complexity index is 1010. The van der Waals surface area contributed by atoms with Gasteiger partial charge in [0.05, 0.1) is 23.8 Å². The highest BCUT2D eigenvalue weighted by Gasteiger charge is 2.32. The molecule has 30 heavy (non-hydrogen) atoms. The van der Waals surface area contributed by atoms with E-state index in [1.165, 1.54) is 13.5 Å². The Morgan fingerprint density at radius 2 is 2.00 bits per heavy atom. The minimum absolute atomic E-state index is 0.142. The Morgan fingerprint density at radius 1 is 1.23 bits per heavy atom. The van der Waals surface area contributed by atoms with Crippen LogP contribution in [-0.4, -0.2) is 41.5 Å². The number of ether oxygens (including phenoxy) is 2. The number of hydrogen-bond acceptors (Lipinski definition) is 6. The molecule has 6 nitrogen and oxygen atoms in total. The topological polar surface area (TPSA) is 76.1 Å². The molecule has 156 valence electrons. The van der Waals surface area contributed by atoms with Gasteiger partial charge >= 0.3 is 5.97 Å². The molecule has 0 bridgehead atoms. The monoisotopic (exact) mass is 407 g/mol. The van der Waals surface area contributed by atoms with Crippen molar-refractivity contribution in [2.24, 2.45) is 0 Å². The number of likely N-dealkylation sites (tertiary alicyclic amines) is 1. The molecular formula is C24H25NO5. The van der Waals surface area contributed by atoms with E-state index >= 15 is 0 Å². The normalized spacial score (nSPS) is 20.1. The average Bonchev–Trinajstić information content (AvgIpc) is 3.07. The average molecular weight is 407 g/mol. The summed E-state index contributed by atoms with van der Waals surface area (Å²) in [5.41, 5.74) is 2.28. The number of fused-ring (bicyclic) bond motifs is 1. The van der Waals surface area contributed by atoms with Gasteiger partial charge in [-0.05, 0) is 62.2 Å². The molecule has 0 aromatic heterocycles. The Hall–Kier alpha value is -3.12. The largest absolute Gasteiger partial charge is 0.507 e. The zero-order valence-corrected chi connectivity index (χ0v) is 17.2. The molecule has 1 atom stereocenters. The van der Waals surface area contributed by atoms with Crippen LogP contribution >= 0.6 is 0 Å². The Morgan fingerprint density at radius 3 is 2.70 bits per heavy atom. The molecule has 0 radical (unpaired) electrons. The maximum Gasteiger partial charge on any atom is 0.337 e. The molecule has 2 aromatic rings. The molecule has 6 heteroatoms. The number of piperidine rings is 1. The van der Waals surface area contributed by atoms with Gasteiger partial charge in [0.2, 0.25) is 5.78 Å². The highest BCUT2D eigenvalue weighted by atomic mass is 16.5. The van der Waals surface area contributed by atoms with Gasteiger partial charge in [0.15, 0.2) is 5.76 Å². The van der Waals surface area contributed by atoms with E-state index in [1.54, 1.807) is 42.5 Å². The van der Waals surface area contributed by atoms with Crippen molar-refractivity contribution in [1.29, 1.82) is 0 Å². The number of hydrogen-bond donors (Lipinski definition) is 1. The summed E-state index contributed by atoms with van der Waals surface area (Å²) < 4.78 is 10.6. The first-order valence-corrected chi connectivity index (χ1v) is 10.2. The van der Waals surface area contributed by atoms with E-state index < -0.39 is 5.97 Å². The van der Waals surface area contributed by atoms with Gasteiger partial charge in [0, 0.05) is 12.6 Å². The molecule has 0 amide bonds. The van der Waals surface area contributed by atoms with Gasteiger partial charge in [-0.25, -0.2) is 4.79 Å². The number of carbonyl (C=O) groups is 2. The summed E-state index contributed by atoms with van der Waals surface area (Å²) in [6, 6.07) is 10.3. The predicted octanol–water partition coefficient (Wildman–Crippen LogP) is 4.17. The zero-order valence-electron chi connectivity index (χ0n) is 17.2. The minimum Gasteiger partial charge on any atom is -0.507 e. The fourth-order valence-corrected chi connectivity index (χ4v) is 4.03. The first-order valence-electron chi connectivity index (χ1n) is 10.2. The number of esters is 1. The number of methoxy groups -OCH3 is 1. The number of allylic oxidation sites excluding steroid dienone is 1. The van der Waals surface area contributed by atoms with Gasteiger partial charge in [-0.2, -0.15) is 0 Å². The second-order valence-corrected chi connectivity index (χ2v) is 7.81. The third kappa shape index (κ3) is 3.83. The molecule has 1 saturated heterocycles. The lowest BCUT2D eigenvalue weighted by atomic mass is 10.0. The van der Waals surface area contributed by atoms with Crippen molar-refractivity contribution in [3.05, 3.63) is 64.4 Å². The van der Waals surface area contributed by atoms with Crippen LogP contribution in [0.5, 0.6) is 11.5 Å². The molecule has 0 saturated carbocycles. The summed E-state index contributed by atoms with van der Waals surface area (Å²) in [6.07, 6.45) is 5.12. The van der Waals surface area contributed by atoms with Crippen LogP contribution in [0.15, 0.2) is 42.2 Å². The quantitative estimate of drug-likeness (QED) is 0.606. The SMILES string of the molecule is COC(=O)c1ccc(/C=C2\Oc3c(ccc(O)c3CN3CCCC[C@@H]3C)C2=O)cc1. The van der Waals surface area contributed by atoms with Crippen molar-refractivity contribution in [3.63, 3.8) is 0 Å². The summed E-state index contributed by atoms with van der Waals surface area (Å²) in [5, 5.41) is 10.5. The molecule has 2 heterocycles. The number of nitrogens with zero attached hydrogens (tertiary/aromatic N) is 1. The third-order valence-corrected chi connectivity index (χ3v) is 5.85. The second-order valence-electron chi connectivity index (χ2n) is 7.81. The van der Waals surface area contributed by atoms with E-state index in [1.807, 2.05) is 0 Å². The van der Waals surface area contributed by atoms with Gasteiger partial charge in [-0.1, -0.05) is 18.6 Å². The maximum atomic E-state index is 12.9. The van der Waals surface area contributed by atoms with E-state index in [0.29, 0.717) is 35.0 Å². The predicted molar refractivity (Wildman–Crippen MR) is 113 cm³/mol. The van der Waals surface area contributed by atoms with Crippen LogP contribution in [0.1, 0.15) is 58.0 Å². The van der Waals surface area contributed by atoms with Crippen molar-refractivity contribution in [1.82, 2.24) is 4.90 Å². The third-order valence-electron chi connectivity index (χ3n) is 5.85. The van der Waals surface area contributed by atoms with Crippen LogP contribution in [0.4, 0.5) is 0 Å². The molecule has 2 aromatic carbocycles. The van der Waals surface area contributed by atoms with Crippen LogP contribution < -0.4 is 4.74 Å². The van der Waals surface area contributed by atoms with Crippen molar-refractivity contribution in [2.75, 3.05) is 13.7 Å². The number of ketones is 1. The van der Waals surface area contributed by atoms with Gasteiger partial charge in [-0.3, -0.25) is 9.69 Å². The molecule has 2 aliphatic rings. The van der Waals surface area contributed by atoms with Crippen molar-refractivity contribution >= 4 is 17.8 Å². The standard InChI is InChI=1S/C24H25NO5/c1-15-5-3-4-12-25(15)14-19-20(26)11-10-18-22(27)21(30-23(18)19)13-16-6-8-17(9-7-16)24(28)29-2/h6-11,13,15,26H,3-5,12,14H2,1-2H3/b21-13-/t15-/m0/s1. The van der Waals surface area contributed by atoms with Crippen molar-refractivity contribution < 1.29 is 24.2 Å². The first-order chi connectivity index (χ1) is 14.5. The summed E-state index contributed by atoms with van der Waals surface area (Å²) in [7, 11) is 1.33. The number of phenols is 1. The second kappa shape index (κ2) is 8.32. The molecule has 0 spiro atoms. The lowest BCUT2D eigenvalue weighted by Crippen LogP contribution is -2.36. The van der Waals surface area contributed by atoms with E-state index in [-0.39, 0.29) is 17.3 Å². The van der Waals surface area contributed by atoms with Crippen molar-refractivity contribution in [3.8, 4) is 11.5 Å². The smallest absolute Gasteiger partial charge is 0.337 e. The fraction of sp³-hybridized carbons (Fsp3) is 0.333. The van der Waals surface area contributed by atoms with Gasteiger partial charge in [0.1, 0.15) is 11.5 Å². The molecule has 0 unspecified atom stereocenters. The van der Waals surface area contributed by atoms with Gasteiger partial charge in [-0.15, -0.1) is 0 Å². The van der Waals surface area contributed by atoms with E-state index in [0.717, 1.165) is 24.9 Å². The first kappa shape index (κ1) is 20.2. The molecule has 0 aliphatic carbocycles. The highest BCUT2D eigenvalue weighted by Crippen LogP contribution is 2.40. The number of carbonyl (C=O) groups excluding carboxylic acids is 2. The number of Topliss-reactive ketones (excluding diaryl/α,β-unsaturated/α-hetero) is 1. The molecule has 2 aliphatic heterocycles. The van der Waals surface area contributed by atoms with Crippen LogP contribution in [0, 0.1) is 0 Å². The Balaban J connectivity index is 1.61. The summed E-state index contributed by atoms with van der Waals surface area (Å²) in [5.74, 6) is 0.157. The van der Waals surface area contributed by atoms with Crippen LogP contribution in [0.2, 0.25) is 0 Å². The number of phenolic OH excluding ortho intramolecular Hbond substituents is 1. The maximum absolute atomic E-state index is 12.9. The molecule has 1 fully saturated rings. The lowest BCUT2D eigenvalue weighted by molar-refractivity contribution is 0.0600.